The van der Waals surface area contributed by atoms with E-state index in [9.17, 15) is 0 Å². The van der Waals surface area contributed by atoms with Crippen LogP contribution in [0.4, 0.5) is 0 Å². The van der Waals surface area contributed by atoms with E-state index in [1.54, 1.807) is 0 Å². The predicted octanol–water partition coefficient (Wildman–Crippen LogP) is 5.25. The third kappa shape index (κ3) is 6.79. The molecule has 0 aromatic rings. The van der Waals surface area contributed by atoms with Gasteiger partial charge >= 0.3 is 0 Å². The molecule has 114 valence electrons. The summed E-state index contributed by atoms with van der Waals surface area (Å²) in [4.78, 5) is 0. The molecular weight excluding hydrogens is 230 g/mol. The number of nitrogens with one attached hydrogen (secondary N) is 1. The molecule has 0 aromatic heterocycles. The highest BCUT2D eigenvalue weighted by Gasteiger charge is 2.29. The fourth-order valence-electron chi connectivity index (χ4n) is 3.59. The van der Waals surface area contributed by atoms with Gasteiger partial charge in [0.05, 0.1) is 0 Å². The van der Waals surface area contributed by atoms with Crippen LogP contribution in [0.2, 0.25) is 0 Å². The van der Waals surface area contributed by atoms with Crippen LogP contribution in [0.5, 0.6) is 0 Å². The Labute approximate surface area is 121 Å². The van der Waals surface area contributed by atoms with Crippen molar-refractivity contribution in [2.24, 2.45) is 23.7 Å². The van der Waals surface area contributed by atoms with Crippen molar-refractivity contribution in [2.75, 3.05) is 6.54 Å². The second-order valence-electron chi connectivity index (χ2n) is 7.50. The van der Waals surface area contributed by atoms with E-state index < -0.39 is 0 Å². The second-order valence-corrected chi connectivity index (χ2v) is 7.50. The van der Waals surface area contributed by atoms with Crippen LogP contribution < -0.4 is 5.32 Å². The second kappa shape index (κ2) is 9.00. The molecule has 0 radical (unpaired) electrons. The lowest BCUT2D eigenvalue weighted by molar-refractivity contribution is 0.157. The fourth-order valence-corrected chi connectivity index (χ4v) is 3.59. The van der Waals surface area contributed by atoms with Crippen LogP contribution >= 0.6 is 0 Å². The Bertz CT molecular complexity index is 222. The molecule has 0 spiro atoms. The molecule has 1 nitrogen and oxygen atoms in total. The maximum atomic E-state index is 3.68. The van der Waals surface area contributed by atoms with E-state index >= 15 is 0 Å². The topological polar surface area (TPSA) is 12.0 Å². The van der Waals surface area contributed by atoms with Crippen molar-refractivity contribution in [2.45, 2.75) is 85.6 Å². The molecule has 3 unspecified atom stereocenters. The Balaban J connectivity index is 2.41. The molecule has 0 aromatic carbocycles. The molecule has 19 heavy (non-hydrogen) atoms. The van der Waals surface area contributed by atoms with E-state index in [0.29, 0.717) is 6.04 Å². The zero-order chi connectivity index (χ0) is 14.3. The summed E-state index contributed by atoms with van der Waals surface area (Å²) in [5, 5.41) is 3.68. The van der Waals surface area contributed by atoms with Crippen molar-refractivity contribution in [3.63, 3.8) is 0 Å². The van der Waals surface area contributed by atoms with Gasteiger partial charge in [0, 0.05) is 6.04 Å². The molecule has 1 rings (SSSR count). The first-order chi connectivity index (χ1) is 9.02. The van der Waals surface area contributed by atoms with Crippen LogP contribution in [0.25, 0.3) is 0 Å². The smallest absolute Gasteiger partial charge is 0.00104 e. The lowest BCUT2D eigenvalue weighted by Gasteiger charge is -2.37. The largest absolute Gasteiger partial charge is 0.314 e. The first-order valence-electron chi connectivity index (χ1n) is 8.76. The van der Waals surface area contributed by atoms with Crippen LogP contribution in [0.3, 0.4) is 0 Å². The lowest BCUT2D eigenvalue weighted by atomic mass is 9.71. The minimum absolute atomic E-state index is 0.639. The van der Waals surface area contributed by atoms with Crippen molar-refractivity contribution < 1.29 is 0 Å². The summed E-state index contributed by atoms with van der Waals surface area (Å²) >= 11 is 0. The molecule has 0 heterocycles. The third-order valence-corrected chi connectivity index (χ3v) is 4.97. The van der Waals surface area contributed by atoms with Crippen LogP contribution in [0.15, 0.2) is 0 Å². The van der Waals surface area contributed by atoms with Gasteiger partial charge in [0.15, 0.2) is 0 Å². The summed E-state index contributed by atoms with van der Waals surface area (Å²) in [7, 11) is 0. The van der Waals surface area contributed by atoms with Gasteiger partial charge in [-0.05, 0) is 43.1 Å². The zero-order valence-corrected chi connectivity index (χ0v) is 14.0. The number of rotatable bonds is 8. The summed E-state index contributed by atoms with van der Waals surface area (Å²) in [6, 6.07) is 0.639. The third-order valence-electron chi connectivity index (χ3n) is 4.97. The van der Waals surface area contributed by atoms with Gasteiger partial charge in [-0.15, -0.1) is 0 Å². The first-order valence-corrected chi connectivity index (χ1v) is 8.76. The van der Waals surface area contributed by atoms with Crippen molar-refractivity contribution in [1.29, 1.82) is 0 Å². The molecule has 0 aliphatic heterocycles. The molecule has 1 aliphatic carbocycles. The van der Waals surface area contributed by atoms with Crippen molar-refractivity contribution in [3.05, 3.63) is 0 Å². The molecule has 3 atom stereocenters. The van der Waals surface area contributed by atoms with Crippen molar-refractivity contribution >= 4 is 0 Å². The van der Waals surface area contributed by atoms with Gasteiger partial charge < -0.3 is 5.32 Å². The van der Waals surface area contributed by atoms with Crippen LogP contribution in [0, 0.1) is 23.7 Å². The Morgan fingerprint density at radius 3 is 2.37 bits per heavy atom. The van der Waals surface area contributed by atoms with Gasteiger partial charge in [-0.2, -0.15) is 0 Å². The van der Waals surface area contributed by atoms with Crippen LogP contribution in [0.1, 0.15) is 79.6 Å². The lowest BCUT2D eigenvalue weighted by Crippen LogP contribution is -2.36. The average Bonchev–Trinajstić information content (AvgIpc) is 2.36. The molecule has 1 aliphatic rings. The van der Waals surface area contributed by atoms with E-state index in [0.717, 1.165) is 23.7 Å². The van der Waals surface area contributed by atoms with Crippen LogP contribution in [-0.2, 0) is 0 Å². The standard InChI is InChI=1S/C18H37N/c1-6-16-10-11-18(13-19-15(4)5)17(12-16)9-7-8-14(2)3/h14-19H,6-13H2,1-5H3. The summed E-state index contributed by atoms with van der Waals surface area (Å²) in [6.45, 7) is 12.9. The summed E-state index contributed by atoms with van der Waals surface area (Å²) in [5.41, 5.74) is 0. The highest BCUT2D eigenvalue weighted by atomic mass is 14.9. The van der Waals surface area contributed by atoms with E-state index in [4.69, 9.17) is 0 Å². The molecule has 1 saturated carbocycles. The summed E-state index contributed by atoms with van der Waals surface area (Å²) in [6.07, 6.45) is 10.2. The maximum absolute atomic E-state index is 3.68. The summed E-state index contributed by atoms with van der Waals surface area (Å²) in [5.74, 6) is 3.82. The van der Waals surface area contributed by atoms with E-state index in [-0.39, 0.29) is 0 Å². The molecule has 0 saturated heterocycles. The SMILES string of the molecule is CCC1CCC(CNC(C)C)C(CCCC(C)C)C1. The van der Waals surface area contributed by atoms with Gasteiger partial charge in [0.25, 0.3) is 0 Å². The predicted molar refractivity (Wildman–Crippen MR) is 86.4 cm³/mol. The molecule has 0 amide bonds. The summed E-state index contributed by atoms with van der Waals surface area (Å²) < 4.78 is 0. The van der Waals surface area contributed by atoms with Gasteiger partial charge in [-0.3, -0.25) is 0 Å². The van der Waals surface area contributed by atoms with Crippen molar-refractivity contribution in [1.82, 2.24) is 5.32 Å². The average molecular weight is 268 g/mol. The van der Waals surface area contributed by atoms with E-state index in [2.05, 4.69) is 39.9 Å². The molecular formula is C18H37N. The van der Waals surface area contributed by atoms with E-state index in [1.807, 2.05) is 0 Å². The van der Waals surface area contributed by atoms with Gasteiger partial charge in [0.1, 0.15) is 0 Å². The highest BCUT2D eigenvalue weighted by Crippen LogP contribution is 2.38. The number of hydrogen-bond donors (Lipinski definition) is 1. The number of hydrogen-bond acceptors (Lipinski definition) is 1. The fraction of sp³-hybridized carbons (Fsp3) is 1.00. The first kappa shape index (κ1) is 17.0. The van der Waals surface area contributed by atoms with Gasteiger partial charge in [-0.1, -0.05) is 66.7 Å². The van der Waals surface area contributed by atoms with Crippen LogP contribution in [-0.4, -0.2) is 12.6 Å². The van der Waals surface area contributed by atoms with Gasteiger partial charge in [0.2, 0.25) is 0 Å². The Morgan fingerprint density at radius 1 is 1.05 bits per heavy atom. The minimum atomic E-state index is 0.639. The quantitative estimate of drug-likeness (QED) is 0.633. The maximum Gasteiger partial charge on any atom is 0.00104 e. The highest BCUT2D eigenvalue weighted by molar-refractivity contribution is 4.81. The minimum Gasteiger partial charge on any atom is -0.314 e. The Morgan fingerprint density at radius 2 is 1.79 bits per heavy atom. The molecule has 1 N–H and O–H groups in total. The van der Waals surface area contributed by atoms with E-state index in [1.165, 1.54) is 51.5 Å². The van der Waals surface area contributed by atoms with Gasteiger partial charge in [-0.25, -0.2) is 0 Å². The van der Waals surface area contributed by atoms with Crippen molar-refractivity contribution in [3.8, 4) is 0 Å². The monoisotopic (exact) mass is 267 g/mol. The molecule has 1 heteroatoms. The molecule has 1 fully saturated rings. The Kier molecular flexibility index (Phi) is 8.06. The zero-order valence-electron chi connectivity index (χ0n) is 14.0. The molecule has 0 bridgehead atoms. The Hall–Kier alpha value is -0.0400. The normalized spacial score (nSPS) is 28.3.